The number of aromatic nitrogens is 7. The Morgan fingerprint density at radius 1 is 1.16 bits per heavy atom. The van der Waals surface area contributed by atoms with Gasteiger partial charge in [-0.3, -0.25) is 14.2 Å². The molecule has 0 saturated heterocycles. The van der Waals surface area contributed by atoms with Crippen molar-refractivity contribution in [2.45, 2.75) is 19.9 Å². The molecule has 3 aromatic rings. The summed E-state index contributed by atoms with van der Waals surface area (Å²) in [7, 11) is 5.66. The molecule has 1 aliphatic rings. The van der Waals surface area contributed by atoms with Crippen molar-refractivity contribution in [1.29, 1.82) is 0 Å². The third-order valence-electron chi connectivity index (χ3n) is 4.79. The summed E-state index contributed by atoms with van der Waals surface area (Å²) >= 11 is 0. The van der Waals surface area contributed by atoms with E-state index in [2.05, 4.69) is 20.4 Å². The van der Waals surface area contributed by atoms with Crippen LogP contribution in [0.1, 0.15) is 27.4 Å². The number of fused-ring (bicyclic) bond motifs is 1. The van der Waals surface area contributed by atoms with Gasteiger partial charge in [0.25, 0.3) is 5.91 Å². The number of hydrogen-bond donors (Lipinski definition) is 0. The molecular formula is C16H20N8O. The van der Waals surface area contributed by atoms with Crippen molar-refractivity contribution in [2.24, 2.45) is 21.1 Å². The molecule has 0 aromatic carbocycles. The first-order chi connectivity index (χ1) is 12.0. The molecule has 0 radical (unpaired) electrons. The average molecular weight is 340 g/mol. The highest BCUT2D eigenvalue weighted by molar-refractivity contribution is 5.92. The minimum atomic E-state index is -0.0536. The highest BCUT2D eigenvalue weighted by Crippen LogP contribution is 2.28. The van der Waals surface area contributed by atoms with Crippen LogP contribution in [-0.4, -0.2) is 51.7 Å². The summed E-state index contributed by atoms with van der Waals surface area (Å²) in [4.78, 5) is 14.7. The quantitative estimate of drug-likeness (QED) is 0.676. The Labute approximate surface area is 144 Å². The van der Waals surface area contributed by atoms with Crippen LogP contribution >= 0.6 is 0 Å². The van der Waals surface area contributed by atoms with Crippen LogP contribution in [0, 0.1) is 6.92 Å². The maximum Gasteiger partial charge on any atom is 0.274 e. The molecule has 25 heavy (non-hydrogen) atoms. The van der Waals surface area contributed by atoms with Gasteiger partial charge in [0, 0.05) is 51.1 Å². The Morgan fingerprint density at radius 3 is 2.60 bits per heavy atom. The Hall–Kier alpha value is -2.97. The lowest BCUT2D eigenvalue weighted by molar-refractivity contribution is 0.0727. The fraction of sp³-hybridized carbons (Fsp3) is 0.438. The van der Waals surface area contributed by atoms with Crippen LogP contribution in [0.5, 0.6) is 0 Å². The summed E-state index contributed by atoms with van der Waals surface area (Å²) in [5.41, 5.74) is 4.40. The van der Waals surface area contributed by atoms with E-state index < -0.39 is 0 Å². The Balaban J connectivity index is 1.69. The SMILES string of the molecule is Cc1cc(C(=O)N2CCc3c(c(-c4nncn4C)nn3C)C2)nn1C. The summed E-state index contributed by atoms with van der Waals surface area (Å²) in [5, 5.41) is 17.0. The molecular weight excluding hydrogens is 320 g/mol. The first kappa shape index (κ1) is 15.6. The molecule has 0 saturated carbocycles. The molecule has 0 spiro atoms. The van der Waals surface area contributed by atoms with Crippen molar-refractivity contribution in [2.75, 3.05) is 6.54 Å². The fourth-order valence-electron chi connectivity index (χ4n) is 3.27. The van der Waals surface area contributed by atoms with Crippen LogP contribution in [0.15, 0.2) is 12.4 Å². The molecule has 4 rings (SSSR count). The lowest BCUT2D eigenvalue weighted by atomic mass is 10.0. The van der Waals surface area contributed by atoms with Gasteiger partial charge in [-0.15, -0.1) is 10.2 Å². The number of carbonyl (C=O) groups is 1. The molecule has 1 amide bonds. The molecule has 130 valence electrons. The molecule has 0 fully saturated rings. The second-order valence-electron chi connectivity index (χ2n) is 6.43. The van der Waals surface area contributed by atoms with Crippen molar-refractivity contribution < 1.29 is 4.79 Å². The van der Waals surface area contributed by atoms with Crippen LogP contribution in [-0.2, 0) is 34.1 Å². The average Bonchev–Trinajstić information content (AvgIpc) is 3.25. The van der Waals surface area contributed by atoms with Gasteiger partial charge in [0.15, 0.2) is 11.5 Å². The predicted octanol–water partition coefficient (Wildman–Crippen LogP) is 0.456. The van der Waals surface area contributed by atoms with Crippen LogP contribution in [0.3, 0.4) is 0 Å². The van der Waals surface area contributed by atoms with Gasteiger partial charge >= 0.3 is 0 Å². The van der Waals surface area contributed by atoms with Crippen LogP contribution in [0.25, 0.3) is 11.5 Å². The highest BCUT2D eigenvalue weighted by atomic mass is 16.2. The maximum atomic E-state index is 12.8. The van der Waals surface area contributed by atoms with Gasteiger partial charge in [-0.25, -0.2) is 0 Å². The minimum Gasteiger partial charge on any atom is -0.332 e. The molecule has 0 unspecified atom stereocenters. The third-order valence-corrected chi connectivity index (χ3v) is 4.79. The zero-order valence-corrected chi connectivity index (χ0v) is 14.8. The number of hydrogen-bond acceptors (Lipinski definition) is 5. The van der Waals surface area contributed by atoms with E-state index in [1.165, 1.54) is 0 Å². The molecule has 9 nitrogen and oxygen atoms in total. The third kappa shape index (κ3) is 2.43. The number of aryl methyl sites for hydroxylation is 4. The Bertz CT molecular complexity index is 944. The largest absolute Gasteiger partial charge is 0.332 e. The summed E-state index contributed by atoms with van der Waals surface area (Å²) in [6.07, 6.45) is 2.41. The zero-order valence-electron chi connectivity index (χ0n) is 14.8. The normalized spacial score (nSPS) is 14.0. The summed E-state index contributed by atoms with van der Waals surface area (Å²) < 4.78 is 5.44. The van der Waals surface area contributed by atoms with Crippen molar-refractivity contribution in [1.82, 2.24) is 39.2 Å². The Kier molecular flexibility index (Phi) is 3.45. The van der Waals surface area contributed by atoms with Gasteiger partial charge < -0.3 is 9.47 Å². The van der Waals surface area contributed by atoms with E-state index >= 15 is 0 Å². The second-order valence-corrected chi connectivity index (χ2v) is 6.43. The van der Waals surface area contributed by atoms with E-state index in [1.807, 2.05) is 48.3 Å². The number of carbonyl (C=O) groups excluding carboxylic acids is 1. The van der Waals surface area contributed by atoms with Crippen molar-refractivity contribution >= 4 is 5.91 Å². The predicted molar refractivity (Wildman–Crippen MR) is 89.6 cm³/mol. The second kappa shape index (κ2) is 5.54. The first-order valence-electron chi connectivity index (χ1n) is 8.14. The van der Waals surface area contributed by atoms with Crippen molar-refractivity contribution in [3.63, 3.8) is 0 Å². The van der Waals surface area contributed by atoms with Gasteiger partial charge in [0.05, 0.1) is 6.54 Å². The highest BCUT2D eigenvalue weighted by Gasteiger charge is 2.30. The lowest BCUT2D eigenvalue weighted by Crippen LogP contribution is -2.36. The molecule has 0 bridgehead atoms. The number of amides is 1. The fourth-order valence-corrected chi connectivity index (χ4v) is 3.27. The molecule has 0 N–H and O–H groups in total. The monoisotopic (exact) mass is 340 g/mol. The summed E-state index contributed by atoms with van der Waals surface area (Å²) in [6.45, 7) is 3.09. The van der Waals surface area contributed by atoms with E-state index in [1.54, 1.807) is 11.0 Å². The van der Waals surface area contributed by atoms with Gasteiger partial charge in [-0.05, 0) is 13.0 Å². The Morgan fingerprint density at radius 2 is 1.96 bits per heavy atom. The van der Waals surface area contributed by atoms with E-state index in [4.69, 9.17) is 0 Å². The standard InChI is InChI=1S/C16H20N8O/c1-10-7-12(19-22(10)3)16(25)24-6-5-13-11(8-24)14(20-23(13)4)15-18-17-9-21(15)2/h7,9H,5-6,8H2,1-4H3. The molecule has 4 heterocycles. The number of nitrogens with zero attached hydrogens (tertiary/aromatic N) is 8. The molecule has 0 aliphatic carbocycles. The summed E-state index contributed by atoms with van der Waals surface area (Å²) in [5.74, 6) is 0.655. The maximum absolute atomic E-state index is 12.8. The van der Waals surface area contributed by atoms with Gasteiger partial charge in [-0.1, -0.05) is 0 Å². The van der Waals surface area contributed by atoms with Gasteiger partial charge in [0.1, 0.15) is 12.0 Å². The molecule has 1 aliphatic heterocycles. The van der Waals surface area contributed by atoms with Crippen molar-refractivity contribution in [3.05, 3.63) is 35.0 Å². The van der Waals surface area contributed by atoms with E-state index in [0.29, 0.717) is 24.6 Å². The van der Waals surface area contributed by atoms with Crippen LogP contribution in [0.4, 0.5) is 0 Å². The molecule has 3 aromatic heterocycles. The molecule has 0 atom stereocenters. The van der Waals surface area contributed by atoms with Crippen molar-refractivity contribution in [3.8, 4) is 11.5 Å². The van der Waals surface area contributed by atoms with E-state index in [0.717, 1.165) is 29.1 Å². The lowest BCUT2D eigenvalue weighted by Gasteiger charge is -2.27. The van der Waals surface area contributed by atoms with Gasteiger partial charge in [0.2, 0.25) is 0 Å². The summed E-state index contributed by atoms with van der Waals surface area (Å²) in [6, 6.07) is 1.82. The first-order valence-corrected chi connectivity index (χ1v) is 8.14. The number of rotatable bonds is 2. The van der Waals surface area contributed by atoms with E-state index in [9.17, 15) is 4.79 Å². The van der Waals surface area contributed by atoms with Crippen LogP contribution in [0.2, 0.25) is 0 Å². The van der Waals surface area contributed by atoms with Gasteiger partial charge in [-0.2, -0.15) is 10.2 Å². The van der Waals surface area contributed by atoms with Crippen LogP contribution < -0.4 is 0 Å². The minimum absolute atomic E-state index is 0.0536. The topological polar surface area (TPSA) is 86.7 Å². The zero-order chi connectivity index (χ0) is 17.7. The molecule has 9 heteroatoms. The van der Waals surface area contributed by atoms with E-state index in [-0.39, 0.29) is 5.91 Å². The smallest absolute Gasteiger partial charge is 0.274 e.